The maximum Gasteiger partial charge on any atom is 0.256 e. The molecule has 1 aliphatic heterocycles. The zero-order valence-electron chi connectivity index (χ0n) is 14.6. The Morgan fingerprint density at radius 1 is 1.36 bits per heavy atom. The number of carbonyl (C=O) groups is 1. The zero-order valence-corrected chi connectivity index (χ0v) is 15.3. The molecule has 1 N–H and O–H groups in total. The molecule has 0 aliphatic carbocycles. The third-order valence-corrected chi connectivity index (χ3v) is 4.37. The molecule has 0 bridgehead atoms. The summed E-state index contributed by atoms with van der Waals surface area (Å²) in [5.74, 6) is 1.69. The van der Waals surface area contributed by atoms with Crippen molar-refractivity contribution < 1.29 is 9.32 Å². The first-order valence-electron chi connectivity index (χ1n) is 8.67. The van der Waals surface area contributed by atoms with Crippen LogP contribution in [0.4, 0.5) is 5.69 Å². The summed E-state index contributed by atoms with van der Waals surface area (Å²) in [6.07, 6.45) is 2.88. The van der Waals surface area contributed by atoms with E-state index in [9.17, 15) is 4.79 Å². The highest BCUT2D eigenvalue weighted by Crippen LogP contribution is 2.24. The quantitative estimate of drug-likeness (QED) is 0.846. The van der Waals surface area contributed by atoms with Crippen LogP contribution in [0.1, 0.15) is 48.8 Å². The van der Waals surface area contributed by atoms with E-state index in [1.54, 1.807) is 12.1 Å². The Labute approximate surface area is 152 Å². The Hall–Kier alpha value is -2.08. The molecule has 25 heavy (non-hydrogen) atoms. The van der Waals surface area contributed by atoms with Gasteiger partial charge in [-0.2, -0.15) is 4.98 Å². The molecule has 2 heterocycles. The molecule has 2 aromatic rings. The summed E-state index contributed by atoms with van der Waals surface area (Å²) in [5.41, 5.74) is 1.31. The second-order valence-corrected chi connectivity index (χ2v) is 7.18. The average Bonchev–Trinajstić information content (AvgIpc) is 3.24. The van der Waals surface area contributed by atoms with Gasteiger partial charge in [0.25, 0.3) is 5.91 Å². The lowest BCUT2D eigenvalue weighted by molar-refractivity contribution is 0.0793. The number of nitrogens with zero attached hydrogens (tertiary/aromatic N) is 3. The highest BCUT2D eigenvalue weighted by atomic mass is 35.5. The van der Waals surface area contributed by atoms with Gasteiger partial charge in [-0.25, -0.2) is 0 Å². The number of amides is 1. The summed E-state index contributed by atoms with van der Waals surface area (Å²) in [6, 6.07) is 5.29. The van der Waals surface area contributed by atoms with E-state index in [0.29, 0.717) is 34.8 Å². The van der Waals surface area contributed by atoms with E-state index in [4.69, 9.17) is 16.1 Å². The summed E-state index contributed by atoms with van der Waals surface area (Å²) in [6.45, 7) is 6.18. The monoisotopic (exact) mass is 362 g/mol. The van der Waals surface area contributed by atoms with Crippen molar-refractivity contribution in [1.29, 1.82) is 0 Å². The molecule has 0 saturated carbocycles. The van der Waals surface area contributed by atoms with Crippen LogP contribution in [0.25, 0.3) is 0 Å². The fourth-order valence-corrected chi connectivity index (χ4v) is 3.09. The Morgan fingerprint density at radius 2 is 2.12 bits per heavy atom. The topological polar surface area (TPSA) is 71.3 Å². The number of carbonyl (C=O) groups excluding carboxylic acids is 1. The standard InChI is InChI=1S/C18H23ClN4O2/c1-12(2)9-16-21-17(25-22-16)11-20-15-6-5-13(19)10-14(15)18(24)23-7-3-4-8-23/h5-6,10,12,20H,3-4,7-9,11H2,1-2H3. The molecule has 1 aromatic carbocycles. The van der Waals surface area contributed by atoms with Gasteiger partial charge in [0.2, 0.25) is 5.89 Å². The van der Waals surface area contributed by atoms with Crippen molar-refractivity contribution in [2.75, 3.05) is 18.4 Å². The largest absolute Gasteiger partial charge is 0.375 e. The molecule has 0 unspecified atom stereocenters. The van der Waals surface area contributed by atoms with Crippen molar-refractivity contribution >= 4 is 23.2 Å². The minimum atomic E-state index is 0.00789. The lowest BCUT2D eigenvalue weighted by atomic mass is 10.1. The fourth-order valence-electron chi connectivity index (χ4n) is 2.92. The molecule has 1 aromatic heterocycles. The van der Waals surface area contributed by atoms with Gasteiger partial charge in [0, 0.05) is 30.2 Å². The predicted octanol–water partition coefficient (Wildman–Crippen LogP) is 3.77. The first-order chi connectivity index (χ1) is 12.0. The van der Waals surface area contributed by atoms with Crippen LogP contribution < -0.4 is 5.32 Å². The smallest absolute Gasteiger partial charge is 0.256 e. The van der Waals surface area contributed by atoms with Gasteiger partial charge in [0.1, 0.15) is 0 Å². The van der Waals surface area contributed by atoms with Gasteiger partial charge in [-0.3, -0.25) is 4.79 Å². The Morgan fingerprint density at radius 3 is 2.84 bits per heavy atom. The van der Waals surface area contributed by atoms with Crippen LogP contribution in [0, 0.1) is 5.92 Å². The molecule has 0 spiro atoms. The molecular weight excluding hydrogens is 340 g/mol. The first kappa shape index (κ1) is 17.7. The van der Waals surface area contributed by atoms with Crippen LogP contribution in [0.2, 0.25) is 5.02 Å². The maximum absolute atomic E-state index is 12.7. The first-order valence-corrected chi connectivity index (χ1v) is 9.05. The van der Waals surface area contributed by atoms with E-state index in [1.807, 2.05) is 11.0 Å². The Bertz CT molecular complexity index is 738. The van der Waals surface area contributed by atoms with Crippen molar-refractivity contribution in [3.63, 3.8) is 0 Å². The summed E-state index contributed by atoms with van der Waals surface area (Å²) >= 11 is 6.10. The van der Waals surface area contributed by atoms with Crippen LogP contribution in [-0.2, 0) is 13.0 Å². The van der Waals surface area contributed by atoms with Gasteiger partial charge >= 0.3 is 0 Å². The summed E-state index contributed by atoms with van der Waals surface area (Å²) in [5, 5.41) is 7.75. The van der Waals surface area contributed by atoms with E-state index in [2.05, 4.69) is 29.3 Å². The van der Waals surface area contributed by atoms with E-state index >= 15 is 0 Å². The van der Waals surface area contributed by atoms with Gasteiger partial charge in [-0.05, 0) is 37.0 Å². The third-order valence-electron chi connectivity index (χ3n) is 4.14. The highest BCUT2D eigenvalue weighted by Gasteiger charge is 2.22. The maximum atomic E-state index is 12.7. The molecule has 0 radical (unpaired) electrons. The van der Waals surface area contributed by atoms with Crippen molar-refractivity contribution in [3.05, 3.63) is 40.5 Å². The minimum absolute atomic E-state index is 0.00789. The molecule has 1 fully saturated rings. The van der Waals surface area contributed by atoms with Gasteiger partial charge in [0.15, 0.2) is 5.82 Å². The van der Waals surface area contributed by atoms with E-state index in [-0.39, 0.29) is 5.91 Å². The molecule has 7 heteroatoms. The van der Waals surface area contributed by atoms with E-state index < -0.39 is 0 Å². The Balaban J connectivity index is 1.71. The van der Waals surface area contributed by atoms with Crippen molar-refractivity contribution in [3.8, 4) is 0 Å². The lowest BCUT2D eigenvalue weighted by Gasteiger charge is -2.18. The predicted molar refractivity (Wildman–Crippen MR) is 96.8 cm³/mol. The van der Waals surface area contributed by atoms with Gasteiger partial charge in [-0.1, -0.05) is 30.6 Å². The highest BCUT2D eigenvalue weighted by molar-refractivity contribution is 6.31. The minimum Gasteiger partial charge on any atom is -0.375 e. The molecule has 1 saturated heterocycles. The van der Waals surface area contributed by atoms with Crippen LogP contribution in [-0.4, -0.2) is 34.0 Å². The average molecular weight is 363 g/mol. The summed E-state index contributed by atoms with van der Waals surface area (Å²) < 4.78 is 5.27. The molecule has 1 aliphatic rings. The number of likely N-dealkylation sites (tertiary alicyclic amines) is 1. The second-order valence-electron chi connectivity index (χ2n) is 6.75. The van der Waals surface area contributed by atoms with Crippen LogP contribution in [0.3, 0.4) is 0 Å². The molecular formula is C18H23ClN4O2. The number of anilines is 1. The zero-order chi connectivity index (χ0) is 17.8. The second kappa shape index (κ2) is 7.87. The van der Waals surface area contributed by atoms with Crippen LogP contribution in [0.5, 0.6) is 0 Å². The summed E-state index contributed by atoms with van der Waals surface area (Å²) in [4.78, 5) is 19.0. The molecule has 134 valence electrons. The van der Waals surface area contributed by atoms with Crippen LogP contribution in [0.15, 0.2) is 22.7 Å². The number of benzene rings is 1. The molecule has 0 atom stereocenters. The SMILES string of the molecule is CC(C)Cc1noc(CNc2ccc(Cl)cc2C(=O)N2CCCC2)n1. The molecule has 1 amide bonds. The van der Waals surface area contributed by atoms with E-state index in [0.717, 1.165) is 38.0 Å². The number of aromatic nitrogens is 2. The number of rotatable bonds is 6. The number of halogens is 1. The van der Waals surface area contributed by atoms with Gasteiger partial charge in [0.05, 0.1) is 12.1 Å². The number of hydrogen-bond donors (Lipinski definition) is 1. The lowest BCUT2D eigenvalue weighted by Crippen LogP contribution is -2.28. The fraction of sp³-hybridized carbons (Fsp3) is 0.500. The number of nitrogens with one attached hydrogen (secondary N) is 1. The Kier molecular flexibility index (Phi) is 5.58. The normalized spacial score (nSPS) is 14.3. The van der Waals surface area contributed by atoms with Crippen molar-refractivity contribution in [1.82, 2.24) is 15.0 Å². The van der Waals surface area contributed by atoms with Crippen molar-refractivity contribution in [2.45, 2.75) is 39.7 Å². The third kappa shape index (κ3) is 4.51. The number of hydrogen-bond acceptors (Lipinski definition) is 5. The molecule has 6 nitrogen and oxygen atoms in total. The van der Waals surface area contributed by atoms with E-state index in [1.165, 1.54) is 0 Å². The van der Waals surface area contributed by atoms with Crippen LogP contribution >= 0.6 is 11.6 Å². The summed E-state index contributed by atoms with van der Waals surface area (Å²) in [7, 11) is 0. The van der Waals surface area contributed by atoms with Gasteiger partial charge < -0.3 is 14.7 Å². The van der Waals surface area contributed by atoms with Gasteiger partial charge in [-0.15, -0.1) is 0 Å². The molecule has 3 rings (SSSR count). The van der Waals surface area contributed by atoms with Crippen molar-refractivity contribution in [2.24, 2.45) is 5.92 Å².